The second-order valence-electron chi connectivity index (χ2n) is 2.26. The first kappa shape index (κ1) is 7.92. The first-order valence-electron chi connectivity index (χ1n) is 2.95. The Morgan fingerprint density at radius 2 is 2.00 bits per heavy atom. The van der Waals surface area contributed by atoms with Crippen LogP contribution in [0.1, 0.15) is 20.3 Å². The molecule has 1 unspecified atom stereocenters. The molecule has 0 aliphatic heterocycles. The Morgan fingerprint density at radius 3 is 2.12 bits per heavy atom. The summed E-state index contributed by atoms with van der Waals surface area (Å²) in [6.45, 7) is 4.00. The fourth-order valence-electron chi connectivity index (χ4n) is 0.620. The van der Waals surface area contributed by atoms with Crippen molar-refractivity contribution in [3.63, 3.8) is 0 Å². The van der Waals surface area contributed by atoms with Crippen LogP contribution < -0.4 is 5.73 Å². The van der Waals surface area contributed by atoms with E-state index in [9.17, 15) is 0 Å². The van der Waals surface area contributed by atoms with E-state index >= 15 is 0 Å². The molecule has 0 rings (SSSR count). The maximum Gasteiger partial charge on any atom is 0.0557 e. The van der Waals surface area contributed by atoms with E-state index in [1.54, 1.807) is 7.11 Å². The number of ether oxygens (including phenoxy) is 1. The molecule has 2 N–H and O–H groups in total. The molecule has 0 aliphatic rings. The van der Waals surface area contributed by atoms with Crippen molar-refractivity contribution in [3.8, 4) is 0 Å². The van der Waals surface area contributed by atoms with Crippen LogP contribution in [-0.2, 0) is 4.74 Å². The molecule has 50 valence electrons. The summed E-state index contributed by atoms with van der Waals surface area (Å²) in [6, 6.07) is 0.255. The molecule has 0 bridgehead atoms. The molecule has 0 radical (unpaired) electrons. The van der Waals surface area contributed by atoms with Crippen molar-refractivity contribution in [2.24, 2.45) is 5.73 Å². The van der Waals surface area contributed by atoms with Gasteiger partial charge in [-0.2, -0.15) is 0 Å². The lowest BCUT2D eigenvalue weighted by molar-refractivity contribution is 0.106. The van der Waals surface area contributed by atoms with Crippen LogP contribution in [0, 0.1) is 0 Å². The molecular weight excluding hydrogens is 102 g/mol. The molecular formula is C6H15NO. The molecule has 0 amide bonds. The number of rotatable bonds is 3. The molecule has 8 heavy (non-hydrogen) atoms. The van der Waals surface area contributed by atoms with E-state index in [0.29, 0.717) is 6.10 Å². The third-order valence-corrected chi connectivity index (χ3v) is 1.11. The van der Waals surface area contributed by atoms with Crippen molar-refractivity contribution in [2.45, 2.75) is 32.4 Å². The Kier molecular flexibility index (Phi) is 3.83. The van der Waals surface area contributed by atoms with Crippen LogP contribution in [0.4, 0.5) is 0 Å². The van der Waals surface area contributed by atoms with Gasteiger partial charge in [0.1, 0.15) is 0 Å². The van der Waals surface area contributed by atoms with Crippen LogP contribution in [0.5, 0.6) is 0 Å². The van der Waals surface area contributed by atoms with Gasteiger partial charge in [0.05, 0.1) is 6.10 Å². The second-order valence-corrected chi connectivity index (χ2v) is 2.26. The largest absolute Gasteiger partial charge is 0.382 e. The minimum absolute atomic E-state index is 0.255. The summed E-state index contributed by atoms with van der Waals surface area (Å²) in [7, 11) is 1.70. The van der Waals surface area contributed by atoms with E-state index in [1.165, 1.54) is 0 Å². The van der Waals surface area contributed by atoms with Crippen LogP contribution in [0.3, 0.4) is 0 Å². The molecule has 0 aliphatic carbocycles. The topological polar surface area (TPSA) is 35.2 Å². The normalized spacial score (nSPS) is 18.0. The van der Waals surface area contributed by atoms with Crippen molar-refractivity contribution in [1.82, 2.24) is 0 Å². The predicted molar refractivity (Wildman–Crippen MR) is 34.7 cm³/mol. The van der Waals surface area contributed by atoms with Crippen molar-refractivity contribution in [2.75, 3.05) is 7.11 Å². The molecule has 0 aromatic rings. The van der Waals surface area contributed by atoms with Crippen molar-refractivity contribution in [1.29, 1.82) is 0 Å². The lowest BCUT2D eigenvalue weighted by atomic mass is 10.2. The minimum atomic E-state index is 0.255. The fraction of sp³-hybridized carbons (Fsp3) is 1.00. The fourth-order valence-corrected chi connectivity index (χ4v) is 0.620. The van der Waals surface area contributed by atoms with Gasteiger partial charge in [0.2, 0.25) is 0 Å². The highest BCUT2D eigenvalue weighted by Gasteiger charge is 2.00. The van der Waals surface area contributed by atoms with E-state index in [2.05, 4.69) is 0 Å². The number of hydrogen-bond donors (Lipinski definition) is 1. The number of hydrogen-bond acceptors (Lipinski definition) is 2. The third-order valence-electron chi connectivity index (χ3n) is 1.11. The van der Waals surface area contributed by atoms with Gasteiger partial charge in [-0.15, -0.1) is 0 Å². The lowest BCUT2D eigenvalue weighted by Gasteiger charge is -2.10. The van der Waals surface area contributed by atoms with Crippen LogP contribution in [0.2, 0.25) is 0 Å². The molecule has 0 spiro atoms. The smallest absolute Gasteiger partial charge is 0.0557 e. The zero-order chi connectivity index (χ0) is 6.57. The summed E-state index contributed by atoms with van der Waals surface area (Å²) < 4.78 is 4.98. The molecule has 2 nitrogen and oxygen atoms in total. The Hall–Kier alpha value is -0.0800. The highest BCUT2D eigenvalue weighted by Crippen LogP contribution is 1.96. The summed E-state index contributed by atoms with van der Waals surface area (Å²) >= 11 is 0. The highest BCUT2D eigenvalue weighted by molar-refractivity contribution is 4.57. The Bertz CT molecular complexity index is 54.5. The van der Waals surface area contributed by atoms with Gasteiger partial charge in [0.15, 0.2) is 0 Å². The van der Waals surface area contributed by atoms with Crippen LogP contribution >= 0.6 is 0 Å². The Labute approximate surface area is 51.0 Å². The maximum atomic E-state index is 5.49. The molecule has 0 aromatic carbocycles. The van der Waals surface area contributed by atoms with Crippen molar-refractivity contribution < 1.29 is 4.74 Å². The first-order chi connectivity index (χ1) is 3.66. The molecule has 2 atom stereocenters. The van der Waals surface area contributed by atoms with Gasteiger partial charge in [-0.1, -0.05) is 0 Å². The number of methoxy groups -OCH3 is 1. The molecule has 2 heteroatoms. The van der Waals surface area contributed by atoms with Gasteiger partial charge in [-0.05, 0) is 20.3 Å². The molecule has 0 heterocycles. The average Bonchev–Trinajstić information content (AvgIpc) is 1.65. The molecule has 0 saturated heterocycles. The molecule has 0 saturated carbocycles. The zero-order valence-corrected chi connectivity index (χ0v) is 5.85. The second kappa shape index (κ2) is 3.87. The van der Waals surface area contributed by atoms with E-state index < -0.39 is 0 Å². The quantitative estimate of drug-likeness (QED) is 0.592. The summed E-state index contributed by atoms with van der Waals surface area (Å²) in [5.41, 5.74) is 5.49. The van der Waals surface area contributed by atoms with E-state index in [1.807, 2.05) is 13.8 Å². The predicted octanol–water partition coefficient (Wildman–Crippen LogP) is 0.759. The van der Waals surface area contributed by atoms with Gasteiger partial charge in [0, 0.05) is 13.2 Å². The van der Waals surface area contributed by atoms with Gasteiger partial charge >= 0.3 is 0 Å². The molecule has 0 fully saturated rings. The summed E-state index contributed by atoms with van der Waals surface area (Å²) in [5.74, 6) is 0. The van der Waals surface area contributed by atoms with Gasteiger partial charge < -0.3 is 10.5 Å². The molecule has 0 aromatic heterocycles. The average molecular weight is 117 g/mol. The monoisotopic (exact) mass is 117 g/mol. The highest BCUT2D eigenvalue weighted by atomic mass is 16.5. The zero-order valence-electron chi connectivity index (χ0n) is 5.85. The minimum Gasteiger partial charge on any atom is -0.382 e. The third kappa shape index (κ3) is 4.09. The van der Waals surface area contributed by atoms with Crippen molar-refractivity contribution in [3.05, 3.63) is 0 Å². The van der Waals surface area contributed by atoms with Crippen LogP contribution in [-0.4, -0.2) is 19.3 Å². The van der Waals surface area contributed by atoms with E-state index in [-0.39, 0.29) is 6.04 Å². The van der Waals surface area contributed by atoms with Crippen LogP contribution in [0.15, 0.2) is 0 Å². The van der Waals surface area contributed by atoms with E-state index in [4.69, 9.17) is 10.5 Å². The maximum absolute atomic E-state index is 5.49. The number of nitrogens with two attached hydrogens (primary N) is 1. The standard InChI is InChI=1S/C6H15NO/c1-5(7)4-6(2)8-3/h5-6H,4,7H2,1-3H3/t5-,6?/m1/s1. The SMILES string of the molecule is COC(C)C[C@@H](C)N. The van der Waals surface area contributed by atoms with Gasteiger partial charge in [0.25, 0.3) is 0 Å². The Balaban J connectivity index is 3.10. The first-order valence-corrected chi connectivity index (χ1v) is 2.95. The lowest BCUT2D eigenvalue weighted by Crippen LogP contribution is -2.21. The van der Waals surface area contributed by atoms with Crippen LogP contribution in [0.25, 0.3) is 0 Å². The van der Waals surface area contributed by atoms with Gasteiger partial charge in [-0.25, -0.2) is 0 Å². The Morgan fingerprint density at radius 1 is 1.50 bits per heavy atom. The summed E-state index contributed by atoms with van der Waals surface area (Å²) in [6.07, 6.45) is 1.24. The van der Waals surface area contributed by atoms with Gasteiger partial charge in [-0.3, -0.25) is 0 Å². The van der Waals surface area contributed by atoms with Crippen molar-refractivity contribution >= 4 is 0 Å². The summed E-state index contributed by atoms with van der Waals surface area (Å²) in [4.78, 5) is 0. The summed E-state index contributed by atoms with van der Waals surface area (Å²) in [5, 5.41) is 0. The van der Waals surface area contributed by atoms with E-state index in [0.717, 1.165) is 6.42 Å².